The van der Waals surface area contributed by atoms with Gasteiger partial charge in [-0.3, -0.25) is 9.59 Å². The molecule has 1 N–H and O–H groups in total. The first-order valence-electron chi connectivity index (χ1n) is 7.19. The van der Waals surface area contributed by atoms with E-state index in [0.717, 1.165) is 5.01 Å². The van der Waals surface area contributed by atoms with Crippen LogP contribution in [-0.2, 0) is 16.1 Å². The first-order valence-corrected chi connectivity index (χ1v) is 8.07. The second-order valence-corrected chi connectivity index (χ2v) is 5.69. The number of benzene rings is 1. The molecule has 2 aromatic heterocycles. The summed E-state index contributed by atoms with van der Waals surface area (Å²) < 4.78 is 10.4. The molecule has 122 valence electrons. The lowest BCUT2D eigenvalue weighted by molar-refractivity contribution is -0.143. The first kappa shape index (κ1) is 15.9. The van der Waals surface area contributed by atoms with Crippen molar-refractivity contribution in [1.29, 1.82) is 0 Å². The lowest BCUT2D eigenvalue weighted by Gasteiger charge is -2.05. The van der Waals surface area contributed by atoms with Gasteiger partial charge in [-0.1, -0.05) is 18.2 Å². The van der Waals surface area contributed by atoms with Crippen LogP contribution in [0.15, 0.2) is 58.5 Å². The summed E-state index contributed by atoms with van der Waals surface area (Å²) >= 11 is 1.41. The Labute approximate surface area is 142 Å². The van der Waals surface area contributed by atoms with Gasteiger partial charge in [0.15, 0.2) is 10.8 Å². The van der Waals surface area contributed by atoms with Crippen LogP contribution in [0, 0.1) is 0 Å². The Morgan fingerprint density at radius 3 is 2.75 bits per heavy atom. The number of aromatic nitrogens is 1. The molecule has 0 saturated carbocycles. The fourth-order valence-corrected chi connectivity index (χ4v) is 2.71. The van der Waals surface area contributed by atoms with Crippen molar-refractivity contribution in [3.63, 3.8) is 0 Å². The quantitative estimate of drug-likeness (QED) is 0.697. The number of hydrogen-bond acceptors (Lipinski definition) is 6. The average molecular weight is 342 g/mol. The highest BCUT2D eigenvalue weighted by molar-refractivity contribution is 7.13. The van der Waals surface area contributed by atoms with Gasteiger partial charge < -0.3 is 14.5 Å². The van der Waals surface area contributed by atoms with Crippen molar-refractivity contribution in [2.45, 2.75) is 6.61 Å². The number of carbonyl (C=O) groups excluding carboxylic acids is 2. The molecule has 3 rings (SSSR count). The fraction of sp³-hybridized carbons (Fsp3) is 0.118. The molecule has 0 aliphatic rings. The van der Waals surface area contributed by atoms with Crippen molar-refractivity contribution in [2.24, 2.45) is 0 Å². The second kappa shape index (κ2) is 7.56. The van der Waals surface area contributed by atoms with Gasteiger partial charge in [0.2, 0.25) is 0 Å². The van der Waals surface area contributed by atoms with Crippen LogP contribution >= 0.6 is 11.3 Å². The molecule has 0 spiro atoms. The molecule has 0 atom stereocenters. The van der Waals surface area contributed by atoms with E-state index in [1.165, 1.54) is 11.3 Å². The molecular formula is C17H14N2O4S. The highest BCUT2D eigenvalue weighted by Crippen LogP contribution is 2.24. The molecule has 6 nitrogen and oxygen atoms in total. The Balaban J connectivity index is 1.45. The number of hydrogen-bond donors (Lipinski definition) is 1. The Morgan fingerprint density at radius 2 is 2.00 bits per heavy atom. The Kier molecular flexibility index (Phi) is 5.02. The van der Waals surface area contributed by atoms with E-state index in [0.29, 0.717) is 17.0 Å². The van der Waals surface area contributed by atoms with Crippen molar-refractivity contribution >= 4 is 23.2 Å². The van der Waals surface area contributed by atoms with Crippen LogP contribution in [0.1, 0.15) is 16.1 Å². The molecule has 1 aromatic carbocycles. The van der Waals surface area contributed by atoms with Gasteiger partial charge in [0.05, 0.1) is 12.0 Å². The van der Waals surface area contributed by atoms with Gasteiger partial charge in [-0.2, -0.15) is 0 Å². The number of nitrogens with one attached hydrogen (secondary N) is 1. The third kappa shape index (κ3) is 4.08. The van der Waals surface area contributed by atoms with Gasteiger partial charge >= 0.3 is 5.97 Å². The number of rotatable bonds is 6. The van der Waals surface area contributed by atoms with E-state index < -0.39 is 5.97 Å². The molecule has 7 heteroatoms. The van der Waals surface area contributed by atoms with Gasteiger partial charge in [-0.05, 0) is 24.3 Å². The van der Waals surface area contributed by atoms with E-state index in [1.807, 2.05) is 12.1 Å². The molecule has 0 radical (unpaired) electrons. The SMILES string of the molecule is O=C(CNC(=O)c1ccccc1)OCc1csc(-c2ccco2)n1. The van der Waals surface area contributed by atoms with Crippen molar-refractivity contribution in [3.8, 4) is 10.8 Å². The molecule has 0 unspecified atom stereocenters. The molecule has 0 saturated heterocycles. The van der Waals surface area contributed by atoms with Crippen LogP contribution in [0.3, 0.4) is 0 Å². The summed E-state index contributed by atoms with van der Waals surface area (Å²) in [5, 5.41) is 5.04. The standard InChI is InChI=1S/C17H14N2O4S/c20-15(9-18-16(21)12-5-2-1-3-6-12)23-10-13-11-24-17(19-13)14-7-4-8-22-14/h1-8,11H,9-10H2,(H,18,21). The predicted molar refractivity (Wildman–Crippen MR) is 88.4 cm³/mol. The third-order valence-corrected chi connectivity index (χ3v) is 4.00. The Hall–Kier alpha value is -2.93. The second-order valence-electron chi connectivity index (χ2n) is 4.83. The molecule has 3 aromatic rings. The monoisotopic (exact) mass is 342 g/mol. The summed E-state index contributed by atoms with van der Waals surface area (Å²) in [6, 6.07) is 12.3. The maximum atomic E-state index is 11.8. The topological polar surface area (TPSA) is 81.4 Å². The summed E-state index contributed by atoms with van der Waals surface area (Å²) in [4.78, 5) is 27.9. The maximum Gasteiger partial charge on any atom is 0.325 e. The number of ether oxygens (including phenoxy) is 1. The number of nitrogens with zero attached hydrogens (tertiary/aromatic N) is 1. The summed E-state index contributed by atoms with van der Waals surface area (Å²) in [6.45, 7) is -0.139. The van der Waals surface area contributed by atoms with Gasteiger partial charge in [0, 0.05) is 10.9 Å². The zero-order chi connectivity index (χ0) is 16.8. The van der Waals surface area contributed by atoms with Crippen molar-refractivity contribution < 1.29 is 18.7 Å². The van der Waals surface area contributed by atoms with Crippen LogP contribution in [-0.4, -0.2) is 23.4 Å². The minimum atomic E-state index is -0.521. The van der Waals surface area contributed by atoms with Crippen LogP contribution in [0.2, 0.25) is 0 Å². The van der Waals surface area contributed by atoms with E-state index >= 15 is 0 Å². The number of esters is 1. The van der Waals surface area contributed by atoms with E-state index in [9.17, 15) is 9.59 Å². The van der Waals surface area contributed by atoms with Crippen LogP contribution in [0.4, 0.5) is 0 Å². The minimum absolute atomic E-state index is 0.0528. The first-order chi connectivity index (χ1) is 11.7. The van der Waals surface area contributed by atoms with Gasteiger partial charge in [0.1, 0.15) is 13.2 Å². The highest BCUT2D eigenvalue weighted by atomic mass is 32.1. The molecule has 0 aliphatic heterocycles. The third-order valence-electron chi connectivity index (χ3n) is 3.09. The van der Waals surface area contributed by atoms with E-state index in [2.05, 4.69) is 10.3 Å². The minimum Gasteiger partial charge on any atom is -0.462 e. The van der Waals surface area contributed by atoms with Crippen LogP contribution < -0.4 is 5.32 Å². The Morgan fingerprint density at radius 1 is 1.17 bits per heavy atom. The van der Waals surface area contributed by atoms with Crippen molar-refractivity contribution in [3.05, 3.63) is 65.4 Å². The maximum absolute atomic E-state index is 11.8. The van der Waals surface area contributed by atoms with E-state index in [-0.39, 0.29) is 19.1 Å². The smallest absolute Gasteiger partial charge is 0.325 e. The molecule has 24 heavy (non-hydrogen) atoms. The summed E-state index contributed by atoms with van der Waals surface area (Å²) in [5.74, 6) is -0.166. The predicted octanol–water partition coefficient (Wildman–Crippen LogP) is 2.88. The number of furan rings is 1. The zero-order valence-corrected chi connectivity index (χ0v) is 13.4. The van der Waals surface area contributed by atoms with Gasteiger partial charge in [0.25, 0.3) is 5.91 Å². The molecule has 0 aliphatic carbocycles. The molecule has 2 heterocycles. The van der Waals surface area contributed by atoms with Crippen molar-refractivity contribution in [1.82, 2.24) is 10.3 Å². The fourth-order valence-electron chi connectivity index (χ4n) is 1.94. The number of carbonyl (C=O) groups is 2. The molecular weight excluding hydrogens is 328 g/mol. The average Bonchev–Trinajstić information content (AvgIpc) is 3.29. The molecule has 0 fully saturated rings. The lowest BCUT2D eigenvalue weighted by Crippen LogP contribution is -2.30. The summed E-state index contributed by atoms with van der Waals surface area (Å²) in [5.41, 5.74) is 1.13. The largest absolute Gasteiger partial charge is 0.462 e. The Bertz CT molecular complexity index is 812. The molecule has 0 bridgehead atoms. The van der Waals surface area contributed by atoms with E-state index in [4.69, 9.17) is 9.15 Å². The summed E-state index contributed by atoms with van der Waals surface area (Å²) in [6.07, 6.45) is 1.58. The van der Waals surface area contributed by atoms with E-state index in [1.54, 1.807) is 42.0 Å². The van der Waals surface area contributed by atoms with Crippen LogP contribution in [0.5, 0.6) is 0 Å². The number of amides is 1. The lowest BCUT2D eigenvalue weighted by atomic mass is 10.2. The zero-order valence-electron chi connectivity index (χ0n) is 12.6. The highest BCUT2D eigenvalue weighted by Gasteiger charge is 2.11. The summed E-state index contributed by atoms with van der Waals surface area (Å²) in [7, 11) is 0. The van der Waals surface area contributed by atoms with Crippen LogP contribution in [0.25, 0.3) is 10.8 Å². The molecule has 1 amide bonds. The van der Waals surface area contributed by atoms with Crippen molar-refractivity contribution in [2.75, 3.05) is 6.54 Å². The number of thiazole rings is 1. The van der Waals surface area contributed by atoms with Gasteiger partial charge in [-0.15, -0.1) is 11.3 Å². The van der Waals surface area contributed by atoms with Gasteiger partial charge in [-0.25, -0.2) is 4.98 Å². The normalized spacial score (nSPS) is 10.3.